The lowest BCUT2D eigenvalue weighted by atomic mass is 10.2. The average Bonchev–Trinajstić information content (AvgIpc) is 2.41. The highest BCUT2D eigenvalue weighted by molar-refractivity contribution is 6.31. The summed E-state index contributed by atoms with van der Waals surface area (Å²) in [7, 11) is 0. The Bertz CT molecular complexity index is 694. The summed E-state index contributed by atoms with van der Waals surface area (Å²) in [5, 5.41) is 4.01. The van der Waals surface area contributed by atoms with Gasteiger partial charge in [-0.15, -0.1) is 0 Å². The Morgan fingerprint density at radius 1 is 1.40 bits per heavy atom. The van der Waals surface area contributed by atoms with Crippen molar-refractivity contribution in [2.75, 3.05) is 0 Å². The van der Waals surface area contributed by atoms with Gasteiger partial charge in [-0.3, -0.25) is 9.59 Å². The normalized spacial score (nSPS) is 12.3. The Morgan fingerprint density at radius 2 is 2.15 bits per heavy atom. The molecule has 0 spiro atoms. The first-order chi connectivity index (χ1) is 9.51. The van der Waals surface area contributed by atoms with E-state index in [0.717, 1.165) is 6.42 Å². The molecule has 0 aliphatic rings. The van der Waals surface area contributed by atoms with Gasteiger partial charge in [0.05, 0.1) is 5.52 Å². The van der Waals surface area contributed by atoms with Crippen LogP contribution >= 0.6 is 11.6 Å². The Hall–Kier alpha value is -1.81. The van der Waals surface area contributed by atoms with E-state index < -0.39 is 0 Å². The SMILES string of the molecule is CC[C@H](C)NC(=O)Cn1ccc(=O)c2ccc(Cl)cc21. The van der Waals surface area contributed by atoms with Gasteiger partial charge in [-0.2, -0.15) is 0 Å². The molecule has 1 amide bonds. The van der Waals surface area contributed by atoms with Crippen LogP contribution in [0.15, 0.2) is 35.3 Å². The molecule has 1 N–H and O–H groups in total. The van der Waals surface area contributed by atoms with Gasteiger partial charge < -0.3 is 9.88 Å². The summed E-state index contributed by atoms with van der Waals surface area (Å²) >= 11 is 5.97. The maximum absolute atomic E-state index is 12.0. The third-order valence-corrected chi connectivity index (χ3v) is 3.51. The number of hydrogen-bond acceptors (Lipinski definition) is 2. The standard InChI is InChI=1S/C15H17ClN2O2/c1-3-10(2)17-15(20)9-18-7-6-14(19)12-5-4-11(16)8-13(12)18/h4-8,10H,3,9H2,1-2H3,(H,17,20)/t10-/m0/s1. The summed E-state index contributed by atoms with van der Waals surface area (Å²) in [5.41, 5.74) is 0.597. The summed E-state index contributed by atoms with van der Waals surface area (Å²) in [6.45, 7) is 4.14. The number of halogens is 1. The van der Waals surface area contributed by atoms with Crippen LogP contribution in [0.25, 0.3) is 10.9 Å². The predicted molar refractivity (Wildman–Crippen MR) is 81.1 cm³/mol. The molecule has 0 saturated heterocycles. The van der Waals surface area contributed by atoms with Gasteiger partial charge in [-0.25, -0.2) is 0 Å². The highest BCUT2D eigenvalue weighted by Gasteiger charge is 2.09. The molecule has 0 bridgehead atoms. The van der Waals surface area contributed by atoms with Gasteiger partial charge >= 0.3 is 0 Å². The van der Waals surface area contributed by atoms with Crippen LogP contribution in [0.2, 0.25) is 5.02 Å². The van der Waals surface area contributed by atoms with E-state index in [1.165, 1.54) is 6.07 Å². The van der Waals surface area contributed by atoms with E-state index in [-0.39, 0.29) is 23.9 Å². The van der Waals surface area contributed by atoms with Gasteiger partial charge in [-0.05, 0) is 31.5 Å². The zero-order chi connectivity index (χ0) is 14.7. The number of pyridine rings is 1. The number of nitrogens with one attached hydrogen (secondary N) is 1. The van der Waals surface area contributed by atoms with Crippen LogP contribution in [0.3, 0.4) is 0 Å². The Balaban J connectivity index is 2.35. The summed E-state index contributed by atoms with van der Waals surface area (Å²) in [6.07, 6.45) is 2.50. The fraction of sp³-hybridized carbons (Fsp3) is 0.333. The van der Waals surface area contributed by atoms with E-state index in [2.05, 4.69) is 5.32 Å². The fourth-order valence-corrected chi connectivity index (χ4v) is 2.16. The van der Waals surface area contributed by atoms with E-state index in [0.29, 0.717) is 15.9 Å². The van der Waals surface area contributed by atoms with Gasteiger partial charge in [0.25, 0.3) is 0 Å². The lowest BCUT2D eigenvalue weighted by Crippen LogP contribution is -2.34. The number of carbonyl (C=O) groups is 1. The molecule has 0 unspecified atom stereocenters. The molecule has 0 fully saturated rings. The second-order valence-corrected chi connectivity index (χ2v) is 5.28. The molecule has 1 heterocycles. The van der Waals surface area contributed by atoms with Crippen molar-refractivity contribution in [3.8, 4) is 0 Å². The number of nitrogens with zero attached hydrogens (tertiary/aromatic N) is 1. The molecule has 0 saturated carbocycles. The number of rotatable bonds is 4. The van der Waals surface area contributed by atoms with Crippen LogP contribution in [0, 0.1) is 0 Å². The van der Waals surface area contributed by atoms with Crippen molar-refractivity contribution >= 4 is 28.4 Å². The van der Waals surface area contributed by atoms with Crippen LogP contribution in [0.1, 0.15) is 20.3 Å². The van der Waals surface area contributed by atoms with Crippen molar-refractivity contribution in [3.05, 3.63) is 45.7 Å². The molecule has 1 aromatic heterocycles. The molecule has 0 aliphatic carbocycles. The molecule has 2 aromatic rings. The highest BCUT2D eigenvalue weighted by atomic mass is 35.5. The van der Waals surface area contributed by atoms with Crippen LogP contribution < -0.4 is 10.7 Å². The molecule has 0 radical (unpaired) electrons. The van der Waals surface area contributed by atoms with E-state index in [9.17, 15) is 9.59 Å². The molecule has 20 heavy (non-hydrogen) atoms. The van der Waals surface area contributed by atoms with Gasteiger partial charge in [0.15, 0.2) is 5.43 Å². The van der Waals surface area contributed by atoms with Crippen LogP contribution in [-0.2, 0) is 11.3 Å². The van der Waals surface area contributed by atoms with Gasteiger partial charge in [0.1, 0.15) is 6.54 Å². The largest absolute Gasteiger partial charge is 0.352 e. The van der Waals surface area contributed by atoms with E-state index >= 15 is 0 Å². The Kier molecular flexibility index (Phi) is 4.45. The fourth-order valence-electron chi connectivity index (χ4n) is 1.99. The lowest BCUT2D eigenvalue weighted by Gasteiger charge is -2.14. The number of amides is 1. The highest BCUT2D eigenvalue weighted by Crippen LogP contribution is 2.16. The Labute approximate surface area is 122 Å². The Morgan fingerprint density at radius 3 is 2.85 bits per heavy atom. The number of carbonyl (C=O) groups excluding carboxylic acids is 1. The summed E-state index contributed by atoms with van der Waals surface area (Å²) in [5.74, 6) is -0.0794. The third kappa shape index (κ3) is 3.20. The first kappa shape index (κ1) is 14.6. The van der Waals surface area contributed by atoms with Crippen molar-refractivity contribution in [2.45, 2.75) is 32.9 Å². The molecule has 5 heteroatoms. The molecule has 4 nitrogen and oxygen atoms in total. The van der Waals surface area contributed by atoms with Gasteiger partial charge in [0, 0.05) is 28.7 Å². The zero-order valence-electron chi connectivity index (χ0n) is 11.5. The van der Waals surface area contributed by atoms with Crippen molar-refractivity contribution in [2.24, 2.45) is 0 Å². The quantitative estimate of drug-likeness (QED) is 0.941. The molecule has 1 atom stereocenters. The summed E-state index contributed by atoms with van der Waals surface area (Å²) in [6, 6.07) is 6.66. The minimum Gasteiger partial charge on any atom is -0.352 e. The molecule has 0 aliphatic heterocycles. The third-order valence-electron chi connectivity index (χ3n) is 3.27. The van der Waals surface area contributed by atoms with Crippen molar-refractivity contribution in [1.82, 2.24) is 9.88 Å². The van der Waals surface area contributed by atoms with E-state index in [1.54, 1.807) is 29.0 Å². The minimum atomic E-state index is -0.0794. The maximum atomic E-state index is 12.0. The molecule has 2 rings (SSSR count). The monoisotopic (exact) mass is 292 g/mol. The smallest absolute Gasteiger partial charge is 0.240 e. The molecule has 106 valence electrons. The van der Waals surface area contributed by atoms with E-state index in [1.807, 2.05) is 13.8 Å². The van der Waals surface area contributed by atoms with E-state index in [4.69, 9.17) is 11.6 Å². The van der Waals surface area contributed by atoms with Crippen LogP contribution in [-0.4, -0.2) is 16.5 Å². The zero-order valence-corrected chi connectivity index (χ0v) is 12.3. The lowest BCUT2D eigenvalue weighted by molar-refractivity contribution is -0.122. The van der Waals surface area contributed by atoms with Crippen LogP contribution in [0.5, 0.6) is 0 Å². The first-order valence-electron chi connectivity index (χ1n) is 6.59. The maximum Gasteiger partial charge on any atom is 0.240 e. The van der Waals surface area contributed by atoms with Crippen molar-refractivity contribution in [3.63, 3.8) is 0 Å². The summed E-state index contributed by atoms with van der Waals surface area (Å²) < 4.78 is 1.74. The van der Waals surface area contributed by atoms with Crippen molar-refractivity contribution in [1.29, 1.82) is 0 Å². The first-order valence-corrected chi connectivity index (χ1v) is 6.97. The number of fused-ring (bicyclic) bond motifs is 1. The number of benzene rings is 1. The van der Waals surface area contributed by atoms with Crippen LogP contribution in [0.4, 0.5) is 0 Å². The average molecular weight is 293 g/mol. The second kappa shape index (κ2) is 6.09. The predicted octanol–water partition coefficient (Wildman–Crippen LogP) is 2.57. The molecular weight excluding hydrogens is 276 g/mol. The number of aromatic nitrogens is 1. The van der Waals surface area contributed by atoms with Gasteiger partial charge in [0.2, 0.25) is 5.91 Å². The molecular formula is C15H17ClN2O2. The number of hydrogen-bond donors (Lipinski definition) is 1. The second-order valence-electron chi connectivity index (χ2n) is 4.85. The summed E-state index contributed by atoms with van der Waals surface area (Å²) in [4.78, 5) is 23.7. The molecule has 1 aromatic carbocycles. The van der Waals surface area contributed by atoms with Gasteiger partial charge in [-0.1, -0.05) is 18.5 Å². The van der Waals surface area contributed by atoms with Crippen molar-refractivity contribution < 1.29 is 4.79 Å². The topological polar surface area (TPSA) is 51.1 Å². The minimum absolute atomic E-state index is 0.0738.